The lowest BCUT2D eigenvalue weighted by atomic mass is 9.86. The lowest BCUT2D eigenvalue weighted by Crippen LogP contribution is -2.44. The van der Waals surface area contributed by atoms with Crippen LogP contribution in [0, 0.1) is 0 Å². The molecule has 1 aromatic carbocycles. The molecule has 1 amide bonds. The Bertz CT molecular complexity index is 638. The molecule has 1 aromatic heterocycles. The fourth-order valence-corrected chi connectivity index (χ4v) is 2.77. The average molecular weight is 324 g/mol. The molecule has 1 aliphatic heterocycles. The first-order chi connectivity index (χ1) is 10.6. The number of hydrogen-bond donors (Lipinski definition) is 0. The third-order valence-corrected chi connectivity index (χ3v) is 4.21. The van der Waals surface area contributed by atoms with Crippen LogP contribution >= 0.6 is 11.6 Å². The zero-order valence-electron chi connectivity index (χ0n) is 11.8. The summed E-state index contributed by atoms with van der Waals surface area (Å²) >= 11 is 5.83. The number of nitrogens with zero attached hydrogens (tertiary/aromatic N) is 5. The van der Waals surface area contributed by atoms with Crippen LogP contribution in [0.3, 0.4) is 0 Å². The van der Waals surface area contributed by atoms with Gasteiger partial charge in [-0.1, -0.05) is 23.7 Å². The molecule has 1 aliphatic rings. The minimum atomic E-state index is -1.41. The predicted molar refractivity (Wildman–Crippen MR) is 77.9 cm³/mol. The molecule has 3 rings (SSSR count). The molecule has 2 heterocycles. The van der Waals surface area contributed by atoms with E-state index in [-0.39, 0.29) is 25.3 Å². The van der Waals surface area contributed by atoms with E-state index >= 15 is 4.39 Å². The van der Waals surface area contributed by atoms with Crippen LogP contribution in [-0.2, 0) is 17.0 Å². The maximum Gasteiger partial charge on any atom is 0.244 e. The second kappa shape index (κ2) is 6.00. The van der Waals surface area contributed by atoms with E-state index in [0.717, 1.165) is 0 Å². The monoisotopic (exact) mass is 323 g/mol. The molecular weight excluding hydrogens is 309 g/mol. The highest BCUT2D eigenvalue weighted by Gasteiger charge is 2.37. The van der Waals surface area contributed by atoms with Gasteiger partial charge in [-0.15, -0.1) is 5.10 Å². The van der Waals surface area contributed by atoms with Crippen molar-refractivity contribution in [3.63, 3.8) is 0 Å². The lowest BCUT2D eigenvalue weighted by molar-refractivity contribution is -0.134. The minimum absolute atomic E-state index is 0.0766. The van der Waals surface area contributed by atoms with Crippen LogP contribution in [-0.4, -0.2) is 44.1 Å². The summed E-state index contributed by atoms with van der Waals surface area (Å²) in [7, 11) is 0. The van der Waals surface area contributed by atoms with Crippen LogP contribution in [0.15, 0.2) is 30.6 Å². The van der Waals surface area contributed by atoms with Crippen LogP contribution in [0.1, 0.15) is 18.4 Å². The second-order valence-corrected chi connectivity index (χ2v) is 5.80. The third-order valence-electron chi connectivity index (χ3n) is 3.96. The zero-order chi connectivity index (χ0) is 15.6. The van der Waals surface area contributed by atoms with Crippen molar-refractivity contribution in [2.75, 3.05) is 13.1 Å². The van der Waals surface area contributed by atoms with Gasteiger partial charge in [0.2, 0.25) is 5.91 Å². The number of alkyl halides is 1. The van der Waals surface area contributed by atoms with Gasteiger partial charge < -0.3 is 4.90 Å². The van der Waals surface area contributed by atoms with E-state index in [1.165, 1.54) is 11.0 Å². The first-order valence-corrected chi connectivity index (χ1v) is 7.38. The Kier molecular flexibility index (Phi) is 4.06. The van der Waals surface area contributed by atoms with Crippen molar-refractivity contribution in [2.24, 2.45) is 0 Å². The Morgan fingerprint density at radius 3 is 2.55 bits per heavy atom. The third kappa shape index (κ3) is 3.09. The fraction of sp³-hybridized carbons (Fsp3) is 0.429. The van der Waals surface area contributed by atoms with Gasteiger partial charge in [-0.3, -0.25) is 4.79 Å². The Hall–Kier alpha value is -2.02. The highest BCUT2D eigenvalue weighted by molar-refractivity contribution is 6.30. The van der Waals surface area contributed by atoms with Gasteiger partial charge in [0.15, 0.2) is 0 Å². The standard InChI is InChI=1S/C14H15ClFN5O/c15-12-3-1-11(2-4-12)14(16)5-7-20(8-6-14)13(22)9-21-10-17-18-19-21/h1-4,10H,5-9H2. The first kappa shape index (κ1) is 14.9. The molecule has 1 saturated heterocycles. The predicted octanol–water partition coefficient (Wildman–Crippen LogP) is 1.81. The van der Waals surface area contributed by atoms with Gasteiger partial charge in [-0.05, 0) is 28.1 Å². The lowest BCUT2D eigenvalue weighted by Gasteiger charge is -2.36. The largest absolute Gasteiger partial charge is 0.341 e. The van der Waals surface area contributed by atoms with Gasteiger partial charge in [-0.2, -0.15) is 0 Å². The summed E-state index contributed by atoms with van der Waals surface area (Å²) < 4.78 is 16.4. The van der Waals surface area contributed by atoms with Crippen molar-refractivity contribution >= 4 is 17.5 Å². The normalized spacial score (nSPS) is 17.5. The SMILES string of the molecule is O=C(Cn1cnnn1)N1CCC(F)(c2ccc(Cl)cc2)CC1. The van der Waals surface area contributed by atoms with Gasteiger partial charge in [0.25, 0.3) is 0 Å². The van der Waals surface area contributed by atoms with Crippen LogP contribution in [0.5, 0.6) is 0 Å². The number of tetrazole rings is 1. The van der Waals surface area contributed by atoms with E-state index in [1.54, 1.807) is 29.2 Å². The number of aromatic nitrogens is 4. The number of likely N-dealkylation sites (tertiary alicyclic amines) is 1. The Morgan fingerprint density at radius 1 is 1.27 bits per heavy atom. The quantitative estimate of drug-likeness (QED) is 0.864. The van der Waals surface area contributed by atoms with Crippen molar-refractivity contribution in [2.45, 2.75) is 25.1 Å². The van der Waals surface area contributed by atoms with E-state index in [4.69, 9.17) is 11.6 Å². The highest BCUT2D eigenvalue weighted by atomic mass is 35.5. The molecule has 0 spiro atoms. The molecule has 0 aliphatic carbocycles. The number of amides is 1. The molecule has 22 heavy (non-hydrogen) atoms. The Morgan fingerprint density at radius 2 is 1.95 bits per heavy atom. The van der Waals surface area contributed by atoms with Gasteiger partial charge in [0.1, 0.15) is 18.5 Å². The number of carbonyl (C=O) groups is 1. The van der Waals surface area contributed by atoms with E-state index in [1.807, 2.05) is 0 Å². The molecule has 0 bridgehead atoms. The summed E-state index contributed by atoms with van der Waals surface area (Å²) in [6, 6.07) is 6.79. The van der Waals surface area contributed by atoms with E-state index < -0.39 is 5.67 Å². The maximum atomic E-state index is 15.0. The highest BCUT2D eigenvalue weighted by Crippen LogP contribution is 2.37. The smallest absolute Gasteiger partial charge is 0.244 e. The maximum absolute atomic E-state index is 15.0. The molecule has 0 atom stereocenters. The van der Waals surface area contributed by atoms with Crippen molar-refractivity contribution in [1.82, 2.24) is 25.1 Å². The fourth-order valence-electron chi connectivity index (χ4n) is 2.64. The number of piperidine rings is 1. The van der Waals surface area contributed by atoms with Crippen molar-refractivity contribution < 1.29 is 9.18 Å². The van der Waals surface area contributed by atoms with Gasteiger partial charge in [0, 0.05) is 31.0 Å². The van der Waals surface area contributed by atoms with E-state index in [2.05, 4.69) is 15.5 Å². The average Bonchev–Trinajstić information content (AvgIpc) is 3.01. The van der Waals surface area contributed by atoms with Crippen LogP contribution in [0.2, 0.25) is 5.02 Å². The van der Waals surface area contributed by atoms with Gasteiger partial charge >= 0.3 is 0 Å². The number of halogens is 2. The molecule has 1 fully saturated rings. The number of hydrogen-bond acceptors (Lipinski definition) is 4. The summed E-state index contributed by atoms with van der Waals surface area (Å²) in [6.07, 6.45) is 1.93. The van der Waals surface area contributed by atoms with Gasteiger partial charge in [-0.25, -0.2) is 9.07 Å². The molecule has 116 valence electrons. The Balaban J connectivity index is 1.62. The van der Waals surface area contributed by atoms with E-state index in [9.17, 15) is 4.79 Å². The summed E-state index contributed by atoms with van der Waals surface area (Å²) in [5, 5.41) is 11.2. The zero-order valence-corrected chi connectivity index (χ0v) is 12.6. The molecule has 0 N–H and O–H groups in total. The van der Waals surface area contributed by atoms with Crippen LogP contribution in [0.25, 0.3) is 0 Å². The molecule has 0 saturated carbocycles. The summed E-state index contributed by atoms with van der Waals surface area (Å²) in [5.74, 6) is -0.106. The second-order valence-electron chi connectivity index (χ2n) is 5.36. The Labute approximate surface area is 131 Å². The molecule has 6 nitrogen and oxygen atoms in total. The molecule has 0 radical (unpaired) electrons. The number of benzene rings is 1. The number of rotatable bonds is 3. The molecule has 0 unspecified atom stereocenters. The summed E-state index contributed by atoms with van der Waals surface area (Å²) in [5.41, 5.74) is -0.791. The topological polar surface area (TPSA) is 63.9 Å². The van der Waals surface area contributed by atoms with Crippen molar-refractivity contribution in [1.29, 1.82) is 0 Å². The van der Waals surface area contributed by atoms with E-state index in [0.29, 0.717) is 23.7 Å². The molecule has 8 heteroatoms. The minimum Gasteiger partial charge on any atom is -0.341 e. The summed E-state index contributed by atoms with van der Waals surface area (Å²) in [6.45, 7) is 0.827. The first-order valence-electron chi connectivity index (χ1n) is 7.00. The van der Waals surface area contributed by atoms with Gasteiger partial charge in [0.05, 0.1) is 0 Å². The summed E-state index contributed by atoms with van der Waals surface area (Å²) in [4.78, 5) is 13.8. The van der Waals surface area contributed by atoms with Crippen molar-refractivity contribution in [3.05, 3.63) is 41.2 Å². The number of carbonyl (C=O) groups excluding carboxylic acids is 1. The van der Waals surface area contributed by atoms with Crippen LogP contribution < -0.4 is 0 Å². The molecular formula is C14H15ClFN5O. The molecule has 2 aromatic rings. The van der Waals surface area contributed by atoms with Crippen molar-refractivity contribution in [3.8, 4) is 0 Å². The van der Waals surface area contributed by atoms with Crippen LogP contribution in [0.4, 0.5) is 4.39 Å².